The molecule has 0 bridgehead atoms. The monoisotopic (exact) mass is 242 g/mol. The molecule has 98 valence electrons. The van der Waals surface area contributed by atoms with E-state index in [0.29, 0.717) is 6.54 Å². The van der Waals surface area contributed by atoms with Crippen LogP contribution in [0.4, 0.5) is 0 Å². The normalized spacial score (nSPS) is 21.3. The first-order valence-corrected chi connectivity index (χ1v) is 6.19. The zero-order chi connectivity index (χ0) is 12.8. The number of hydrogen-bond donors (Lipinski definition) is 2. The van der Waals surface area contributed by atoms with Gasteiger partial charge in [0, 0.05) is 13.1 Å². The highest BCUT2D eigenvalue weighted by Gasteiger charge is 2.23. The van der Waals surface area contributed by atoms with Gasteiger partial charge in [0.25, 0.3) is 0 Å². The molecule has 1 aliphatic rings. The van der Waals surface area contributed by atoms with Crippen molar-refractivity contribution in [3.8, 4) is 0 Å². The van der Waals surface area contributed by atoms with Crippen LogP contribution >= 0.6 is 0 Å². The second-order valence-corrected chi connectivity index (χ2v) is 4.82. The number of carbonyl (C=O) groups excluding carboxylic acids is 2. The van der Waals surface area contributed by atoms with Crippen LogP contribution in [-0.4, -0.2) is 37.6 Å². The lowest BCUT2D eigenvalue weighted by atomic mass is 10.1. The number of nitrogens with one attached hydrogen (secondary N) is 2. The number of ether oxygens (including phenoxy) is 1. The quantitative estimate of drug-likeness (QED) is 0.680. The average molecular weight is 242 g/mol. The summed E-state index contributed by atoms with van der Waals surface area (Å²) < 4.78 is 5.07. The SMILES string of the molecule is CC(C)OC(=O)C(C)CNC(=O)C1CCNC1. The van der Waals surface area contributed by atoms with Gasteiger partial charge in [-0.05, 0) is 26.8 Å². The van der Waals surface area contributed by atoms with Crippen molar-refractivity contribution in [3.05, 3.63) is 0 Å². The van der Waals surface area contributed by atoms with Crippen LogP contribution in [0.5, 0.6) is 0 Å². The summed E-state index contributed by atoms with van der Waals surface area (Å²) in [5, 5.41) is 5.94. The van der Waals surface area contributed by atoms with E-state index in [0.717, 1.165) is 19.5 Å². The lowest BCUT2D eigenvalue weighted by Crippen LogP contribution is -2.37. The summed E-state index contributed by atoms with van der Waals surface area (Å²) in [5.74, 6) is -0.483. The Labute approximate surface area is 102 Å². The molecule has 2 atom stereocenters. The molecule has 2 unspecified atom stereocenters. The van der Waals surface area contributed by atoms with Gasteiger partial charge in [-0.25, -0.2) is 0 Å². The second kappa shape index (κ2) is 6.59. The molecule has 0 aliphatic carbocycles. The van der Waals surface area contributed by atoms with Gasteiger partial charge < -0.3 is 15.4 Å². The van der Waals surface area contributed by atoms with Gasteiger partial charge in [0.2, 0.25) is 5.91 Å². The zero-order valence-corrected chi connectivity index (χ0v) is 10.8. The molecule has 0 spiro atoms. The van der Waals surface area contributed by atoms with Crippen molar-refractivity contribution in [3.63, 3.8) is 0 Å². The van der Waals surface area contributed by atoms with Gasteiger partial charge in [0.05, 0.1) is 17.9 Å². The highest BCUT2D eigenvalue weighted by atomic mass is 16.5. The topological polar surface area (TPSA) is 67.4 Å². The van der Waals surface area contributed by atoms with E-state index in [-0.39, 0.29) is 29.8 Å². The van der Waals surface area contributed by atoms with Crippen LogP contribution in [0.25, 0.3) is 0 Å². The fraction of sp³-hybridized carbons (Fsp3) is 0.833. The molecule has 1 aliphatic heterocycles. The summed E-state index contributed by atoms with van der Waals surface area (Å²) in [6, 6.07) is 0. The third-order valence-electron chi connectivity index (χ3n) is 2.77. The highest BCUT2D eigenvalue weighted by Crippen LogP contribution is 2.07. The molecule has 0 aromatic carbocycles. The molecule has 5 heteroatoms. The minimum Gasteiger partial charge on any atom is -0.463 e. The summed E-state index contributed by atoms with van der Waals surface area (Å²) >= 11 is 0. The van der Waals surface area contributed by atoms with E-state index in [1.807, 2.05) is 13.8 Å². The minimum absolute atomic E-state index is 0.0270. The van der Waals surface area contributed by atoms with E-state index in [1.54, 1.807) is 6.92 Å². The van der Waals surface area contributed by atoms with Gasteiger partial charge in [0.15, 0.2) is 0 Å². The first-order valence-electron chi connectivity index (χ1n) is 6.19. The first-order chi connectivity index (χ1) is 8.00. The van der Waals surface area contributed by atoms with E-state index < -0.39 is 0 Å². The Bertz CT molecular complexity index is 273. The van der Waals surface area contributed by atoms with E-state index in [1.165, 1.54) is 0 Å². The molecule has 1 heterocycles. The van der Waals surface area contributed by atoms with E-state index in [9.17, 15) is 9.59 Å². The molecule has 17 heavy (non-hydrogen) atoms. The maximum Gasteiger partial charge on any atom is 0.310 e. The van der Waals surface area contributed by atoms with Crippen molar-refractivity contribution in [2.24, 2.45) is 11.8 Å². The standard InChI is InChI=1S/C12H22N2O3/c1-8(2)17-12(16)9(3)6-14-11(15)10-4-5-13-7-10/h8-10,13H,4-7H2,1-3H3,(H,14,15). The van der Waals surface area contributed by atoms with Crippen LogP contribution in [0.15, 0.2) is 0 Å². The van der Waals surface area contributed by atoms with E-state index >= 15 is 0 Å². The predicted molar refractivity (Wildman–Crippen MR) is 64.4 cm³/mol. The van der Waals surface area contributed by atoms with Gasteiger partial charge in [-0.3, -0.25) is 9.59 Å². The predicted octanol–water partition coefficient (Wildman–Crippen LogP) is 0.300. The van der Waals surface area contributed by atoms with Crippen LogP contribution < -0.4 is 10.6 Å². The molecular formula is C12H22N2O3. The fourth-order valence-corrected chi connectivity index (χ4v) is 1.71. The maximum absolute atomic E-state index is 11.7. The van der Waals surface area contributed by atoms with Crippen molar-refractivity contribution in [1.29, 1.82) is 0 Å². The molecule has 2 N–H and O–H groups in total. The van der Waals surface area contributed by atoms with Gasteiger partial charge in [-0.1, -0.05) is 6.92 Å². The lowest BCUT2D eigenvalue weighted by molar-refractivity contribution is -0.151. The van der Waals surface area contributed by atoms with Crippen molar-refractivity contribution in [1.82, 2.24) is 10.6 Å². The van der Waals surface area contributed by atoms with Crippen LogP contribution in [0.1, 0.15) is 27.2 Å². The van der Waals surface area contributed by atoms with E-state index in [2.05, 4.69) is 10.6 Å². The Balaban J connectivity index is 2.24. The smallest absolute Gasteiger partial charge is 0.310 e. The summed E-state index contributed by atoms with van der Waals surface area (Å²) in [6.45, 7) is 7.36. The van der Waals surface area contributed by atoms with Crippen molar-refractivity contribution >= 4 is 11.9 Å². The number of amides is 1. The Hall–Kier alpha value is -1.10. The first kappa shape index (κ1) is 14.0. The number of rotatable bonds is 5. The van der Waals surface area contributed by atoms with Crippen LogP contribution in [-0.2, 0) is 14.3 Å². The van der Waals surface area contributed by atoms with Gasteiger partial charge >= 0.3 is 5.97 Å². The molecule has 0 radical (unpaired) electrons. The minimum atomic E-state index is -0.296. The van der Waals surface area contributed by atoms with Gasteiger partial charge in [-0.15, -0.1) is 0 Å². The van der Waals surface area contributed by atoms with Crippen molar-refractivity contribution in [2.75, 3.05) is 19.6 Å². The van der Waals surface area contributed by atoms with Crippen LogP contribution in [0.3, 0.4) is 0 Å². The van der Waals surface area contributed by atoms with Gasteiger partial charge in [-0.2, -0.15) is 0 Å². The molecule has 1 rings (SSSR count). The Kier molecular flexibility index (Phi) is 5.41. The zero-order valence-electron chi connectivity index (χ0n) is 10.8. The second-order valence-electron chi connectivity index (χ2n) is 4.82. The largest absolute Gasteiger partial charge is 0.463 e. The summed E-state index contributed by atoms with van der Waals surface area (Å²) in [4.78, 5) is 23.2. The molecule has 0 saturated carbocycles. The van der Waals surface area contributed by atoms with Crippen LogP contribution in [0, 0.1) is 11.8 Å². The Morgan fingerprint density at radius 3 is 2.65 bits per heavy atom. The lowest BCUT2D eigenvalue weighted by Gasteiger charge is -2.15. The maximum atomic E-state index is 11.7. The van der Waals surface area contributed by atoms with Crippen molar-refractivity contribution in [2.45, 2.75) is 33.3 Å². The summed E-state index contributed by atoms with van der Waals surface area (Å²) in [5.41, 5.74) is 0. The molecule has 5 nitrogen and oxygen atoms in total. The molecule has 0 aromatic rings. The number of esters is 1. The fourth-order valence-electron chi connectivity index (χ4n) is 1.71. The molecule has 1 amide bonds. The third-order valence-corrected chi connectivity index (χ3v) is 2.77. The Morgan fingerprint density at radius 2 is 2.12 bits per heavy atom. The van der Waals surface area contributed by atoms with Crippen molar-refractivity contribution < 1.29 is 14.3 Å². The summed E-state index contributed by atoms with van der Waals surface area (Å²) in [7, 11) is 0. The molecule has 1 fully saturated rings. The highest BCUT2D eigenvalue weighted by molar-refractivity contribution is 5.80. The molecular weight excluding hydrogens is 220 g/mol. The van der Waals surface area contributed by atoms with Gasteiger partial charge in [0.1, 0.15) is 0 Å². The Morgan fingerprint density at radius 1 is 1.41 bits per heavy atom. The number of carbonyl (C=O) groups is 2. The van der Waals surface area contributed by atoms with Crippen LogP contribution in [0.2, 0.25) is 0 Å². The number of hydrogen-bond acceptors (Lipinski definition) is 4. The average Bonchev–Trinajstić information content (AvgIpc) is 2.77. The van der Waals surface area contributed by atoms with E-state index in [4.69, 9.17) is 4.74 Å². The molecule has 0 aromatic heterocycles. The molecule has 1 saturated heterocycles. The third kappa shape index (κ3) is 4.73. The summed E-state index contributed by atoms with van der Waals surface area (Å²) in [6.07, 6.45) is 0.760.